The Kier molecular flexibility index (Phi) is 21.5. The van der Waals surface area contributed by atoms with E-state index in [1.165, 1.54) is 0 Å². The van der Waals surface area contributed by atoms with Gasteiger partial charge in [0.25, 0.3) is 5.56 Å². The summed E-state index contributed by atoms with van der Waals surface area (Å²) >= 11 is 0. The summed E-state index contributed by atoms with van der Waals surface area (Å²) in [6.07, 6.45) is 1.39. The molecule has 1 atom stereocenters. The molecule has 0 aliphatic rings. The number of H-pyrrole nitrogens is 2. The predicted octanol–water partition coefficient (Wildman–Crippen LogP) is 0.348. The average molecular weight is 615 g/mol. The van der Waals surface area contributed by atoms with E-state index in [-0.39, 0.29) is 54.0 Å². The number of carbonyl (C=O) groups is 1. The molecule has 0 amide bonds. The van der Waals surface area contributed by atoms with E-state index in [2.05, 4.69) is 15.0 Å². The van der Waals surface area contributed by atoms with Crippen molar-refractivity contribution < 1.29 is 53.7 Å². The normalized spacial score (nSPS) is 10.3. The van der Waals surface area contributed by atoms with E-state index in [0.717, 1.165) is 18.2 Å². The smallest absolute Gasteiger partial charge is 0.857 e. The van der Waals surface area contributed by atoms with Crippen molar-refractivity contribution in [2.24, 2.45) is 11.7 Å². The summed E-state index contributed by atoms with van der Waals surface area (Å²) in [5, 5.41) is 24.7. The Balaban J connectivity index is 0.000000628. The molecule has 0 aliphatic carbocycles. The van der Waals surface area contributed by atoms with Crippen LogP contribution < -0.4 is 46.0 Å². The van der Waals surface area contributed by atoms with E-state index in [9.17, 15) is 9.59 Å². The second-order valence-electron chi connectivity index (χ2n) is 8.31. The number of amidine groups is 1. The van der Waals surface area contributed by atoms with Gasteiger partial charge in [-0.25, -0.2) is 4.98 Å². The van der Waals surface area contributed by atoms with Gasteiger partial charge in [0, 0.05) is 37.0 Å². The number of nitrogens with zero attached hydrogens (tertiary/aromatic N) is 2. The van der Waals surface area contributed by atoms with Crippen LogP contribution in [-0.4, -0.2) is 60.0 Å². The van der Waals surface area contributed by atoms with Crippen molar-refractivity contribution in [2.75, 3.05) is 26.9 Å². The van der Waals surface area contributed by atoms with Crippen molar-refractivity contribution in [3.63, 3.8) is 0 Å². The maximum atomic E-state index is 11.7. The Labute approximate surface area is 279 Å². The Morgan fingerprint density at radius 2 is 1.57 bits per heavy atom. The topological polar surface area (TPSA) is 203 Å². The number of ether oxygens (including phenoxy) is 3. The molecule has 0 radical (unpaired) electrons. The van der Waals surface area contributed by atoms with Gasteiger partial charge in [0.1, 0.15) is 23.2 Å². The first kappa shape index (κ1) is 40.2. The second kappa shape index (κ2) is 23.6. The molecule has 2 aromatic heterocycles. The van der Waals surface area contributed by atoms with Gasteiger partial charge in [-0.1, -0.05) is 60.7 Å². The minimum absolute atomic E-state index is 0. The summed E-state index contributed by atoms with van der Waals surface area (Å²) < 4.78 is 15.3. The Bertz CT molecular complexity index is 1450. The van der Waals surface area contributed by atoms with E-state index in [1.54, 1.807) is 19.2 Å². The number of rotatable bonds is 10. The summed E-state index contributed by atoms with van der Waals surface area (Å²) in [6.45, 7) is 6.59. The molecule has 0 fully saturated rings. The fourth-order valence-electron chi connectivity index (χ4n) is 3.49. The van der Waals surface area contributed by atoms with Gasteiger partial charge in [-0.05, 0) is 26.8 Å². The van der Waals surface area contributed by atoms with E-state index in [1.807, 2.05) is 80.6 Å². The van der Waals surface area contributed by atoms with Crippen LogP contribution >= 0.6 is 0 Å². The van der Waals surface area contributed by atoms with Crippen LogP contribution in [0, 0.1) is 22.7 Å². The van der Waals surface area contributed by atoms with Gasteiger partial charge < -0.3 is 35.0 Å². The summed E-state index contributed by atoms with van der Waals surface area (Å²) in [5.41, 5.74) is 7.36. The van der Waals surface area contributed by atoms with Gasteiger partial charge in [-0.2, -0.15) is 12.4 Å². The number of nitrogens with two attached hydrogens (primary N) is 1. The molecule has 0 aliphatic heterocycles. The van der Waals surface area contributed by atoms with E-state index < -0.39 is 18.2 Å². The second-order valence-corrected chi connectivity index (χ2v) is 8.31. The number of fused-ring (bicyclic) bond motifs is 1. The Morgan fingerprint density at radius 3 is 2.05 bits per heavy atom. The minimum Gasteiger partial charge on any atom is -0.857 e. The number of carbonyl (C=O) groups excluding carboxylic acids is 1. The monoisotopic (exact) mass is 614 g/mol. The zero-order chi connectivity index (χ0) is 32.0. The number of nitrogens with one attached hydrogen (secondary N) is 3. The van der Waals surface area contributed by atoms with Crippen LogP contribution in [-0.2, 0) is 19.0 Å². The molecule has 13 heteroatoms. The van der Waals surface area contributed by atoms with Crippen molar-refractivity contribution in [3.8, 4) is 17.5 Å². The third-order valence-corrected chi connectivity index (χ3v) is 5.42. The molecular formula is C31H39N6NaO6. The van der Waals surface area contributed by atoms with Gasteiger partial charge in [-0.15, -0.1) is 0 Å². The molecule has 230 valence electrons. The van der Waals surface area contributed by atoms with Gasteiger partial charge >= 0.3 is 35.5 Å². The number of esters is 1. The van der Waals surface area contributed by atoms with E-state index in [0.29, 0.717) is 30.1 Å². The van der Waals surface area contributed by atoms with Gasteiger partial charge in [0.2, 0.25) is 0 Å². The van der Waals surface area contributed by atoms with Gasteiger partial charge in [0.05, 0.1) is 18.1 Å². The molecule has 44 heavy (non-hydrogen) atoms. The first-order chi connectivity index (χ1) is 20.8. The van der Waals surface area contributed by atoms with E-state index >= 15 is 0 Å². The molecule has 2 heterocycles. The molecule has 0 saturated carbocycles. The summed E-state index contributed by atoms with van der Waals surface area (Å²) in [4.78, 5) is 33.1. The van der Waals surface area contributed by atoms with Crippen LogP contribution in [0.4, 0.5) is 0 Å². The molecule has 5 N–H and O–H groups in total. The third-order valence-electron chi connectivity index (χ3n) is 5.42. The predicted molar refractivity (Wildman–Crippen MR) is 163 cm³/mol. The number of hydrogen-bond acceptors (Lipinski definition) is 9. The molecule has 0 spiro atoms. The first-order valence-electron chi connectivity index (χ1n) is 13.6. The number of aromatic amines is 2. The number of aromatic nitrogens is 3. The molecular weight excluding hydrogens is 575 g/mol. The maximum absolute atomic E-state index is 11.7. The largest absolute Gasteiger partial charge is 1.00 e. The van der Waals surface area contributed by atoms with Crippen molar-refractivity contribution in [1.82, 2.24) is 15.0 Å². The van der Waals surface area contributed by atoms with Crippen LogP contribution in [0.15, 0.2) is 77.7 Å². The summed E-state index contributed by atoms with van der Waals surface area (Å²) in [7, 11) is 0.750. The molecule has 4 rings (SSSR count). The number of benzene rings is 2. The minimum atomic E-state index is -0.831. The number of nitriles is 1. The van der Waals surface area contributed by atoms with Crippen LogP contribution in [0.3, 0.4) is 0 Å². The van der Waals surface area contributed by atoms with Crippen molar-refractivity contribution in [2.45, 2.75) is 33.5 Å². The van der Waals surface area contributed by atoms with E-state index in [4.69, 9.17) is 35.7 Å². The molecule has 0 bridgehead atoms. The zero-order valence-electron chi connectivity index (χ0n) is 25.8. The van der Waals surface area contributed by atoms with Crippen molar-refractivity contribution in [1.29, 1.82) is 10.7 Å². The quantitative estimate of drug-likeness (QED) is 0.0639. The van der Waals surface area contributed by atoms with Crippen LogP contribution in [0.2, 0.25) is 0 Å². The first-order valence-corrected chi connectivity index (χ1v) is 13.6. The Morgan fingerprint density at radius 1 is 1.00 bits per heavy atom. The summed E-state index contributed by atoms with van der Waals surface area (Å²) in [6, 6.07) is 22.4. The molecule has 0 saturated heterocycles. The zero-order valence-corrected chi connectivity index (χ0v) is 27.8. The molecule has 4 aromatic rings. The SMILES string of the molecule is CCOC(=O)C(C#N)CC(OCC)OCC.C[O-].N=C(N)c1ccccc1.O=c1[nH]c(-c2ccccc2)nc2[nH]ccc12.[Na+]. The summed E-state index contributed by atoms with van der Waals surface area (Å²) in [5.74, 6) is -0.645. The van der Waals surface area contributed by atoms with Crippen molar-refractivity contribution in [3.05, 3.63) is 88.8 Å². The maximum Gasteiger partial charge on any atom is 1.00 e. The van der Waals surface area contributed by atoms with Gasteiger partial charge in [-0.3, -0.25) is 15.0 Å². The molecule has 1 unspecified atom stereocenters. The van der Waals surface area contributed by atoms with Crippen molar-refractivity contribution >= 4 is 22.8 Å². The van der Waals surface area contributed by atoms with Crippen LogP contribution in [0.5, 0.6) is 0 Å². The average Bonchev–Trinajstić information content (AvgIpc) is 3.52. The van der Waals surface area contributed by atoms with Crippen LogP contribution in [0.1, 0.15) is 32.8 Å². The number of hydrogen-bond donors (Lipinski definition) is 4. The molecule has 2 aromatic carbocycles. The standard InChI is InChI=1S/C12H9N3O.C11H19NO4.C7H8N2.CH3O.Na/c16-12-9-6-7-13-11(9)14-10(15-12)8-4-2-1-3-5-8;1-4-14-10(15-5-2)7-9(8-12)11(13)16-6-3;8-7(9)6-4-2-1-3-5-6;1-2;/h1-7H,(H2,13,14,15,16);9-10H,4-7H2,1-3H3;1-5H,(H3,8,9);1H3;/q;;;-1;+1. The fourth-order valence-corrected chi connectivity index (χ4v) is 3.49. The Hall–Kier alpha value is -3.83. The number of nitrogen functional groups attached to an aromatic ring is 1. The fraction of sp³-hybridized carbons (Fsp3) is 0.323. The third kappa shape index (κ3) is 14.1. The van der Waals surface area contributed by atoms with Crippen LogP contribution in [0.25, 0.3) is 22.4 Å². The molecule has 12 nitrogen and oxygen atoms in total. The van der Waals surface area contributed by atoms with Gasteiger partial charge in [0.15, 0.2) is 6.29 Å².